The Bertz CT molecular complexity index is 243. The topological polar surface area (TPSA) is 70.4 Å². The third kappa shape index (κ3) is 3.27. The Hall–Kier alpha value is -1.32. The average molecular weight is 185 g/mol. The van der Waals surface area contributed by atoms with Crippen molar-refractivity contribution in [2.45, 2.75) is 27.2 Å². The summed E-state index contributed by atoms with van der Waals surface area (Å²) < 4.78 is 4.69. The van der Waals surface area contributed by atoms with Crippen molar-refractivity contribution < 1.29 is 14.6 Å². The largest absolute Gasteiger partial charge is 0.511 e. The summed E-state index contributed by atoms with van der Waals surface area (Å²) in [5, 5.41) is 16.6. The van der Waals surface area contributed by atoms with E-state index in [9.17, 15) is 9.90 Å². The molecule has 0 aromatic rings. The van der Waals surface area contributed by atoms with Crippen LogP contribution in [0.15, 0.2) is 11.3 Å². The van der Waals surface area contributed by atoms with Crippen LogP contribution in [0.1, 0.15) is 27.2 Å². The van der Waals surface area contributed by atoms with Gasteiger partial charge in [0.2, 0.25) is 0 Å². The van der Waals surface area contributed by atoms with Gasteiger partial charge in [-0.3, -0.25) is 0 Å². The monoisotopic (exact) mass is 185 g/mol. The number of nitrogens with one attached hydrogen (secondary N) is 1. The summed E-state index contributed by atoms with van der Waals surface area (Å²) in [4.78, 5) is 11.2. The van der Waals surface area contributed by atoms with E-state index in [0.29, 0.717) is 6.42 Å². The van der Waals surface area contributed by atoms with Gasteiger partial charge in [0.05, 0.1) is 6.61 Å². The van der Waals surface area contributed by atoms with Crippen molar-refractivity contribution in [1.29, 1.82) is 5.41 Å². The molecule has 74 valence electrons. The molecule has 0 amide bonds. The molecule has 0 saturated heterocycles. The van der Waals surface area contributed by atoms with Crippen molar-refractivity contribution in [3.8, 4) is 0 Å². The zero-order chi connectivity index (χ0) is 10.4. The van der Waals surface area contributed by atoms with Crippen LogP contribution in [0.25, 0.3) is 0 Å². The average Bonchev–Trinajstić information content (AvgIpc) is 2.04. The molecule has 0 aromatic carbocycles. The molecular formula is C9H15NO3. The minimum atomic E-state index is -0.630. The van der Waals surface area contributed by atoms with E-state index in [4.69, 9.17) is 10.1 Å². The maximum atomic E-state index is 11.2. The fraction of sp³-hybridized carbons (Fsp3) is 0.556. The first kappa shape index (κ1) is 11.7. The summed E-state index contributed by atoms with van der Waals surface area (Å²) in [6.45, 7) is 5.07. The lowest BCUT2D eigenvalue weighted by Crippen LogP contribution is -2.15. The first-order chi connectivity index (χ1) is 6.04. The van der Waals surface area contributed by atoms with Crippen LogP contribution in [-0.4, -0.2) is 23.4 Å². The molecule has 0 radical (unpaired) electrons. The van der Waals surface area contributed by atoms with Crippen LogP contribution >= 0.6 is 0 Å². The lowest BCUT2D eigenvalue weighted by atomic mass is 10.1. The molecule has 0 unspecified atom stereocenters. The molecule has 0 aliphatic rings. The molecule has 2 N–H and O–H groups in total. The smallest absolute Gasteiger partial charge is 0.343 e. The molecule has 4 heteroatoms. The van der Waals surface area contributed by atoms with Gasteiger partial charge in [0.15, 0.2) is 0 Å². The first-order valence-corrected chi connectivity index (χ1v) is 4.19. The number of esters is 1. The van der Waals surface area contributed by atoms with E-state index in [1.807, 2.05) is 0 Å². The number of carbonyl (C=O) groups excluding carboxylic acids is 1. The number of aliphatic hydroxyl groups excluding tert-OH is 1. The van der Waals surface area contributed by atoms with Crippen LogP contribution in [0, 0.1) is 5.41 Å². The zero-order valence-electron chi connectivity index (χ0n) is 8.18. The molecule has 0 heterocycles. The second kappa shape index (κ2) is 5.35. The van der Waals surface area contributed by atoms with Gasteiger partial charge in [-0.15, -0.1) is 0 Å². The molecule has 13 heavy (non-hydrogen) atoms. The number of hydrogen-bond donors (Lipinski definition) is 2. The van der Waals surface area contributed by atoms with Gasteiger partial charge < -0.3 is 15.3 Å². The summed E-state index contributed by atoms with van der Waals surface area (Å²) in [6, 6.07) is 0. The zero-order valence-corrected chi connectivity index (χ0v) is 8.18. The van der Waals surface area contributed by atoms with Crippen molar-refractivity contribution in [2.24, 2.45) is 0 Å². The highest BCUT2D eigenvalue weighted by atomic mass is 16.5. The van der Waals surface area contributed by atoms with Crippen molar-refractivity contribution >= 4 is 11.7 Å². The molecule has 0 saturated carbocycles. The second-order valence-corrected chi connectivity index (χ2v) is 2.52. The fourth-order valence-corrected chi connectivity index (χ4v) is 0.867. The third-order valence-electron chi connectivity index (χ3n) is 1.48. The van der Waals surface area contributed by atoms with E-state index in [0.717, 1.165) is 0 Å². The predicted molar refractivity (Wildman–Crippen MR) is 50.0 cm³/mol. The Balaban J connectivity index is 4.82. The van der Waals surface area contributed by atoms with E-state index in [2.05, 4.69) is 0 Å². The third-order valence-corrected chi connectivity index (χ3v) is 1.48. The highest BCUT2D eigenvalue weighted by Gasteiger charge is 2.17. The van der Waals surface area contributed by atoms with Crippen molar-refractivity contribution in [1.82, 2.24) is 0 Å². The fourth-order valence-electron chi connectivity index (χ4n) is 0.867. The normalized spacial score (nSPS) is 11.9. The van der Waals surface area contributed by atoms with E-state index >= 15 is 0 Å². The number of ether oxygens (including phenoxy) is 1. The summed E-state index contributed by atoms with van der Waals surface area (Å²) in [6.07, 6.45) is 0.324. The number of rotatable bonds is 4. The maximum absolute atomic E-state index is 11.2. The molecule has 0 aliphatic carbocycles. The molecular weight excluding hydrogens is 170 g/mol. The molecule has 0 fully saturated rings. The molecule has 0 bridgehead atoms. The van der Waals surface area contributed by atoms with Crippen LogP contribution in [-0.2, 0) is 9.53 Å². The van der Waals surface area contributed by atoms with Gasteiger partial charge in [-0.25, -0.2) is 4.79 Å². The quantitative estimate of drug-likeness (QED) is 0.304. The van der Waals surface area contributed by atoms with Gasteiger partial charge in [-0.05, 0) is 13.8 Å². The van der Waals surface area contributed by atoms with E-state index < -0.39 is 5.97 Å². The standard InChI is InChI=1S/C9H15NO3/c1-4-7(11)8(6(3)10)9(12)13-5-2/h10-11H,4-5H2,1-3H3. The van der Waals surface area contributed by atoms with Crippen LogP contribution in [0.5, 0.6) is 0 Å². The van der Waals surface area contributed by atoms with E-state index in [1.165, 1.54) is 6.92 Å². The predicted octanol–water partition coefficient (Wildman–Crippen LogP) is 1.81. The van der Waals surface area contributed by atoms with Crippen molar-refractivity contribution in [3.05, 3.63) is 11.3 Å². The van der Waals surface area contributed by atoms with Crippen LogP contribution in [0.4, 0.5) is 0 Å². The minimum absolute atomic E-state index is 0.0237. The Morgan fingerprint density at radius 2 is 2.00 bits per heavy atom. The maximum Gasteiger partial charge on any atom is 0.343 e. The Kier molecular flexibility index (Phi) is 4.80. The molecule has 0 rings (SSSR count). The van der Waals surface area contributed by atoms with Gasteiger partial charge in [0.25, 0.3) is 0 Å². The number of carbonyl (C=O) groups is 1. The minimum Gasteiger partial charge on any atom is -0.511 e. The number of aliphatic hydroxyl groups is 1. The van der Waals surface area contributed by atoms with Crippen LogP contribution < -0.4 is 0 Å². The molecule has 0 aliphatic heterocycles. The first-order valence-electron chi connectivity index (χ1n) is 4.19. The summed E-state index contributed by atoms with van der Waals surface area (Å²) in [5.74, 6) is -0.722. The van der Waals surface area contributed by atoms with Gasteiger partial charge >= 0.3 is 5.97 Å². The Labute approximate surface area is 77.7 Å². The Morgan fingerprint density at radius 3 is 2.31 bits per heavy atom. The lowest BCUT2D eigenvalue weighted by molar-refractivity contribution is -0.138. The van der Waals surface area contributed by atoms with Gasteiger partial charge in [-0.2, -0.15) is 0 Å². The molecule has 0 aromatic heterocycles. The number of hydrogen-bond acceptors (Lipinski definition) is 4. The summed E-state index contributed by atoms with van der Waals surface area (Å²) in [5.41, 5.74) is 0.00199. The lowest BCUT2D eigenvalue weighted by Gasteiger charge is -2.07. The van der Waals surface area contributed by atoms with Gasteiger partial charge in [0, 0.05) is 12.1 Å². The van der Waals surface area contributed by atoms with Crippen molar-refractivity contribution in [3.63, 3.8) is 0 Å². The van der Waals surface area contributed by atoms with Crippen molar-refractivity contribution in [2.75, 3.05) is 6.61 Å². The van der Waals surface area contributed by atoms with E-state index in [1.54, 1.807) is 13.8 Å². The summed E-state index contributed by atoms with van der Waals surface area (Å²) in [7, 11) is 0. The second-order valence-electron chi connectivity index (χ2n) is 2.52. The van der Waals surface area contributed by atoms with Gasteiger partial charge in [-0.1, -0.05) is 6.92 Å². The highest BCUT2D eigenvalue weighted by molar-refractivity contribution is 6.17. The highest BCUT2D eigenvalue weighted by Crippen LogP contribution is 2.09. The molecule has 0 spiro atoms. The van der Waals surface area contributed by atoms with Crippen LogP contribution in [0.3, 0.4) is 0 Å². The Morgan fingerprint density at radius 1 is 1.46 bits per heavy atom. The molecule has 0 atom stereocenters. The number of allylic oxidation sites excluding steroid dienone is 1. The van der Waals surface area contributed by atoms with Crippen LogP contribution in [0.2, 0.25) is 0 Å². The SMILES string of the molecule is CCOC(=O)C(C(C)=N)=C(O)CC. The van der Waals surface area contributed by atoms with E-state index in [-0.39, 0.29) is 23.7 Å². The van der Waals surface area contributed by atoms with Gasteiger partial charge in [0.1, 0.15) is 11.3 Å². The molecule has 4 nitrogen and oxygen atoms in total. The summed E-state index contributed by atoms with van der Waals surface area (Å²) >= 11 is 0.